The van der Waals surface area contributed by atoms with E-state index in [9.17, 15) is 18.0 Å². The number of amides is 2. The quantitative estimate of drug-likeness (QED) is 0.801. The molecule has 1 aliphatic rings. The van der Waals surface area contributed by atoms with E-state index in [0.717, 1.165) is 0 Å². The van der Waals surface area contributed by atoms with Gasteiger partial charge in [0.05, 0.1) is 18.6 Å². The normalized spacial score (nSPS) is 18.8. The Morgan fingerprint density at radius 3 is 2.46 bits per heavy atom. The van der Waals surface area contributed by atoms with Gasteiger partial charge < -0.3 is 15.0 Å². The summed E-state index contributed by atoms with van der Waals surface area (Å²) in [5.74, 6) is 0.339. The van der Waals surface area contributed by atoms with Crippen LogP contribution in [0.15, 0.2) is 24.3 Å². The van der Waals surface area contributed by atoms with Gasteiger partial charge in [-0.1, -0.05) is 0 Å². The van der Waals surface area contributed by atoms with Crippen LogP contribution < -0.4 is 10.1 Å². The fraction of sp³-hybridized carbons (Fsp3) is 0.500. The minimum atomic E-state index is -3.06. The highest BCUT2D eigenvalue weighted by atomic mass is 32.2. The lowest BCUT2D eigenvalue weighted by Crippen LogP contribution is -2.44. The Balaban J connectivity index is 1.88. The molecule has 1 unspecified atom stereocenters. The van der Waals surface area contributed by atoms with Crippen LogP contribution in [0.5, 0.6) is 5.75 Å². The molecule has 0 saturated carbocycles. The number of sulfone groups is 1. The molecule has 1 atom stereocenters. The first-order valence-corrected chi connectivity index (χ1v) is 9.54. The molecule has 1 aromatic rings. The van der Waals surface area contributed by atoms with Crippen LogP contribution in [0.25, 0.3) is 0 Å². The van der Waals surface area contributed by atoms with Crippen molar-refractivity contribution in [2.75, 3.05) is 31.7 Å². The molecular formula is C16H22N2O5S. The van der Waals surface area contributed by atoms with Crippen molar-refractivity contribution in [3.05, 3.63) is 29.8 Å². The lowest BCUT2D eigenvalue weighted by Gasteiger charge is -2.27. The number of methoxy groups -OCH3 is 1. The Morgan fingerprint density at radius 1 is 1.29 bits per heavy atom. The summed E-state index contributed by atoms with van der Waals surface area (Å²) < 4.78 is 28.2. The van der Waals surface area contributed by atoms with Crippen molar-refractivity contribution >= 4 is 21.7 Å². The van der Waals surface area contributed by atoms with E-state index in [1.165, 1.54) is 11.8 Å². The van der Waals surface area contributed by atoms with Crippen molar-refractivity contribution in [1.29, 1.82) is 0 Å². The monoisotopic (exact) mass is 354 g/mol. The van der Waals surface area contributed by atoms with Crippen LogP contribution in [0.3, 0.4) is 0 Å². The molecule has 1 fully saturated rings. The van der Waals surface area contributed by atoms with E-state index < -0.39 is 9.84 Å². The van der Waals surface area contributed by atoms with Gasteiger partial charge in [-0.05, 0) is 30.7 Å². The first-order valence-electron chi connectivity index (χ1n) is 7.72. The second-order valence-electron chi connectivity index (χ2n) is 5.75. The third kappa shape index (κ3) is 4.70. The Kier molecular flexibility index (Phi) is 5.82. The molecule has 8 heteroatoms. The standard InChI is InChI=1S/C16H22N2O5S/c1-12(19)18(14-7-10-24(21,22)11-14)9-8-17-16(20)13-3-5-15(23-2)6-4-13/h3-6,14H,7-11H2,1-2H3,(H,17,20). The van der Waals surface area contributed by atoms with Crippen molar-refractivity contribution < 1.29 is 22.7 Å². The molecular weight excluding hydrogens is 332 g/mol. The third-order valence-corrected chi connectivity index (χ3v) is 5.79. The number of ether oxygens (including phenoxy) is 1. The van der Waals surface area contributed by atoms with Crippen LogP contribution in [0.4, 0.5) is 0 Å². The molecule has 1 N–H and O–H groups in total. The fourth-order valence-electron chi connectivity index (χ4n) is 2.75. The zero-order chi connectivity index (χ0) is 17.7. The molecule has 2 rings (SSSR count). The van der Waals surface area contributed by atoms with Crippen LogP contribution in [0.2, 0.25) is 0 Å². The highest BCUT2D eigenvalue weighted by Crippen LogP contribution is 2.17. The highest BCUT2D eigenvalue weighted by molar-refractivity contribution is 7.91. The minimum Gasteiger partial charge on any atom is -0.497 e. The summed E-state index contributed by atoms with van der Waals surface area (Å²) in [5, 5.41) is 2.74. The maximum absolute atomic E-state index is 12.1. The van der Waals surface area contributed by atoms with Gasteiger partial charge in [-0.25, -0.2) is 8.42 Å². The van der Waals surface area contributed by atoms with Crippen molar-refractivity contribution in [1.82, 2.24) is 10.2 Å². The van der Waals surface area contributed by atoms with Crippen molar-refractivity contribution in [3.63, 3.8) is 0 Å². The number of nitrogens with zero attached hydrogens (tertiary/aromatic N) is 1. The topological polar surface area (TPSA) is 92.8 Å². The summed E-state index contributed by atoms with van der Waals surface area (Å²) in [6, 6.07) is 6.40. The van der Waals surface area contributed by atoms with E-state index in [-0.39, 0.29) is 42.5 Å². The van der Waals surface area contributed by atoms with Crippen LogP contribution >= 0.6 is 0 Å². The van der Waals surface area contributed by atoms with E-state index >= 15 is 0 Å². The van der Waals surface area contributed by atoms with Crippen molar-refractivity contribution in [3.8, 4) is 5.75 Å². The number of rotatable bonds is 6. The Labute approximate surface area is 141 Å². The van der Waals surface area contributed by atoms with E-state index in [1.54, 1.807) is 31.4 Å². The van der Waals surface area contributed by atoms with E-state index in [1.807, 2.05) is 0 Å². The van der Waals surface area contributed by atoms with Gasteiger partial charge in [-0.3, -0.25) is 9.59 Å². The largest absolute Gasteiger partial charge is 0.497 e. The number of benzene rings is 1. The number of nitrogens with one attached hydrogen (secondary N) is 1. The summed E-state index contributed by atoms with van der Waals surface area (Å²) in [6.07, 6.45) is 0.453. The number of hydrogen-bond acceptors (Lipinski definition) is 5. The molecule has 1 aliphatic heterocycles. The predicted molar refractivity (Wildman–Crippen MR) is 89.8 cm³/mol. The lowest BCUT2D eigenvalue weighted by atomic mass is 10.2. The van der Waals surface area contributed by atoms with Gasteiger partial charge in [-0.2, -0.15) is 0 Å². The Hall–Kier alpha value is -2.09. The third-order valence-electron chi connectivity index (χ3n) is 4.04. The summed E-state index contributed by atoms with van der Waals surface area (Å²) in [7, 11) is -1.51. The van der Waals surface area contributed by atoms with Crippen LogP contribution in [0, 0.1) is 0 Å². The molecule has 0 radical (unpaired) electrons. The fourth-order valence-corrected chi connectivity index (χ4v) is 4.48. The van der Waals surface area contributed by atoms with Gasteiger partial charge in [-0.15, -0.1) is 0 Å². The van der Waals surface area contributed by atoms with E-state index in [4.69, 9.17) is 4.74 Å². The van der Waals surface area contributed by atoms with Gasteiger partial charge in [0.15, 0.2) is 9.84 Å². The lowest BCUT2D eigenvalue weighted by molar-refractivity contribution is -0.130. The van der Waals surface area contributed by atoms with E-state index in [0.29, 0.717) is 17.7 Å². The zero-order valence-electron chi connectivity index (χ0n) is 13.8. The van der Waals surface area contributed by atoms with Gasteiger partial charge in [0.1, 0.15) is 5.75 Å². The average molecular weight is 354 g/mol. The van der Waals surface area contributed by atoms with Crippen LogP contribution in [0.1, 0.15) is 23.7 Å². The first kappa shape index (κ1) is 18.3. The van der Waals surface area contributed by atoms with Crippen molar-refractivity contribution in [2.45, 2.75) is 19.4 Å². The first-order chi connectivity index (χ1) is 11.3. The summed E-state index contributed by atoms with van der Waals surface area (Å²) >= 11 is 0. The van der Waals surface area contributed by atoms with Gasteiger partial charge in [0.2, 0.25) is 5.91 Å². The van der Waals surface area contributed by atoms with Crippen LogP contribution in [-0.2, 0) is 14.6 Å². The summed E-state index contributed by atoms with van der Waals surface area (Å²) in [5.41, 5.74) is 0.494. The molecule has 1 saturated heterocycles. The minimum absolute atomic E-state index is 0.000986. The molecule has 1 aromatic carbocycles. The summed E-state index contributed by atoms with van der Waals surface area (Å²) in [6.45, 7) is 1.97. The van der Waals surface area contributed by atoms with Crippen LogP contribution in [-0.4, -0.2) is 62.9 Å². The van der Waals surface area contributed by atoms with E-state index in [2.05, 4.69) is 5.32 Å². The van der Waals surface area contributed by atoms with Gasteiger partial charge >= 0.3 is 0 Å². The zero-order valence-corrected chi connectivity index (χ0v) is 14.6. The Morgan fingerprint density at radius 2 is 1.96 bits per heavy atom. The SMILES string of the molecule is COc1ccc(C(=O)NCCN(C(C)=O)C2CCS(=O)(=O)C2)cc1. The number of carbonyl (C=O) groups is 2. The molecule has 132 valence electrons. The second-order valence-corrected chi connectivity index (χ2v) is 7.98. The second kappa shape index (κ2) is 7.65. The predicted octanol–water partition coefficient (Wildman–Crippen LogP) is 0.461. The molecule has 2 amide bonds. The molecule has 0 aromatic heterocycles. The van der Waals surface area contributed by atoms with Gasteiger partial charge in [0, 0.05) is 31.6 Å². The Bertz CT molecular complexity index is 700. The number of hydrogen-bond donors (Lipinski definition) is 1. The molecule has 1 heterocycles. The van der Waals surface area contributed by atoms with Crippen molar-refractivity contribution in [2.24, 2.45) is 0 Å². The highest BCUT2D eigenvalue weighted by Gasteiger charge is 2.33. The molecule has 24 heavy (non-hydrogen) atoms. The molecule has 0 aliphatic carbocycles. The average Bonchev–Trinajstić information content (AvgIpc) is 2.90. The maximum atomic E-state index is 12.1. The molecule has 0 bridgehead atoms. The maximum Gasteiger partial charge on any atom is 0.251 e. The molecule has 7 nitrogen and oxygen atoms in total. The number of carbonyl (C=O) groups excluding carboxylic acids is 2. The van der Waals surface area contributed by atoms with Gasteiger partial charge in [0.25, 0.3) is 5.91 Å². The summed E-state index contributed by atoms with van der Waals surface area (Å²) in [4.78, 5) is 25.4. The smallest absolute Gasteiger partial charge is 0.251 e. The molecule has 0 spiro atoms.